The van der Waals surface area contributed by atoms with Gasteiger partial charge in [-0.05, 0) is 54.1 Å². The summed E-state index contributed by atoms with van der Waals surface area (Å²) in [6, 6.07) is 15.0. The van der Waals surface area contributed by atoms with Crippen molar-refractivity contribution in [3.63, 3.8) is 0 Å². The molecular formula is C23H22N4O5. The topological polar surface area (TPSA) is 101 Å². The maximum Gasteiger partial charge on any atom is 0.316 e. The lowest BCUT2D eigenvalue weighted by atomic mass is 10.1. The van der Waals surface area contributed by atoms with E-state index in [1.165, 1.54) is 21.3 Å². The first kappa shape index (κ1) is 21.0. The summed E-state index contributed by atoms with van der Waals surface area (Å²) in [6.07, 6.45) is 3.92. The van der Waals surface area contributed by atoms with E-state index in [0.717, 1.165) is 16.8 Å². The van der Waals surface area contributed by atoms with Crippen LogP contribution in [0.2, 0.25) is 0 Å². The lowest BCUT2D eigenvalue weighted by molar-refractivity contribution is 0.0907. The molecule has 4 rings (SSSR count). The van der Waals surface area contributed by atoms with Crippen LogP contribution in [0, 0.1) is 0 Å². The molecule has 1 N–H and O–H groups in total. The molecule has 0 fully saturated rings. The zero-order chi connectivity index (χ0) is 22.5. The third-order valence-corrected chi connectivity index (χ3v) is 4.83. The highest BCUT2D eigenvalue weighted by atomic mass is 16.5. The maximum atomic E-state index is 12.5. The number of hydrogen-bond acceptors (Lipinski definition) is 7. The van der Waals surface area contributed by atoms with Gasteiger partial charge in [0.05, 0.1) is 21.3 Å². The Morgan fingerprint density at radius 2 is 1.66 bits per heavy atom. The minimum Gasteiger partial charge on any atom is -0.493 e. The molecule has 2 aromatic heterocycles. The third-order valence-electron chi connectivity index (χ3n) is 4.83. The zero-order valence-electron chi connectivity index (χ0n) is 17.9. The largest absolute Gasteiger partial charge is 0.493 e. The Labute approximate surface area is 184 Å². The molecule has 0 aliphatic carbocycles. The monoisotopic (exact) mass is 434 g/mol. The van der Waals surface area contributed by atoms with Crippen molar-refractivity contribution < 1.29 is 23.5 Å². The number of benzene rings is 2. The minimum absolute atomic E-state index is 0.123. The van der Waals surface area contributed by atoms with E-state index in [4.69, 9.17) is 18.7 Å². The van der Waals surface area contributed by atoms with E-state index in [9.17, 15) is 4.79 Å². The molecule has 0 aliphatic heterocycles. The Balaban J connectivity index is 1.44. The molecule has 9 nitrogen and oxygen atoms in total. The molecule has 2 heterocycles. The van der Waals surface area contributed by atoms with Crippen LogP contribution in [0.4, 0.5) is 0 Å². The summed E-state index contributed by atoms with van der Waals surface area (Å²) in [6.45, 7) is 0.207. The molecule has 0 saturated carbocycles. The van der Waals surface area contributed by atoms with Crippen molar-refractivity contribution >= 4 is 5.91 Å². The predicted molar refractivity (Wildman–Crippen MR) is 116 cm³/mol. The Hall–Kier alpha value is -4.27. The number of rotatable bonds is 8. The average Bonchev–Trinajstić information content (AvgIpc) is 3.54. The van der Waals surface area contributed by atoms with Crippen LogP contribution in [-0.4, -0.2) is 41.9 Å². The molecular weight excluding hydrogens is 412 g/mol. The summed E-state index contributed by atoms with van der Waals surface area (Å²) in [5, 5.41) is 6.68. The Morgan fingerprint density at radius 3 is 2.25 bits per heavy atom. The summed E-state index contributed by atoms with van der Waals surface area (Å²) in [5.41, 5.74) is 2.51. The van der Waals surface area contributed by atoms with Crippen molar-refractivity contribution in [2.45, 2.75) is 6.54 Å². The van der Waals surface area contributed by atoms with Crippen LogP contribution in [0.15, 0.2) is 65.4 Å². The SMILES string of the molecule is COc1cc(CNC(=O)c2nc(-c3ccc(-n4cccc4)cc3)no2)cc(OC)c1OC. The second kappa shape index (κ2) is 9.25. The van der Waals surface area contributed by atoms with Crippen molar-refractivity contribution in [2.75, 3.05) is 21.3 Å². The second-order valence-electron chi connectivity index (χ2n) is 6.78. The van der Waals surface area contributed by atoms with Crippen LogP contribution in [-0.2, 0) is 6.54 Å². The molecule has 164 valence electrons. The van der Waals surface area contributed by atoms with Crippen LogP contribution >= 0.6 is 0 Å². The Bertz CT molecular complexity index is 1170. The molecule has 0 radical (unpaired) electrons. The van der Waals surface area contributed by atoms with Gasteiger partial charge < -0.3 is 28.6 Å². The fourth-order valence-electron chi connectivity index (χ4n) is 3.22. The molecule has 2 aromatic carbocycles. The van der Waals surface area contributed by atoms with Crippen LogP contribution in [0.5, 0.6) is 17.2 Å². The van der Waals surface area contributed by atoms with Gasteiger partial charge in [-0.3, -0.25) is 4.79 Å². The highest BCUT2D eigenvalue weighted by molar-refractivity contribution is 5.89. The first-order chi connectivity index (χ1) is 15.6. The maximum absolute atomic E-state index is 12.5. The molecule has 0 spiro atoms. The molecule has 1 amide bonds. The predicted octanol–water partition coefficient (Wildman–Crippen LogP) is 3.48. The van der Waals surface area contributed by atoms with E-state index in [1.807, 2.05) is 53.4 Å². The van der Waals surface area contributed by atoms with E-state index in [1.54, 1.807) is 12.1 Å². The third kappa shape index (κ3) is 4.27. The van der Waals surface area contributed by atoms with E-state index in [0.29, 0.717) is 23.1 Å². The lowest BCUT2D eigenvalue weighted by Crippen LogP contribution is -2.23. The van der Waals surface area contributed by atoms with E-state index in [-0.39, 0.29) is 12.4 Å². The second-order valence-corrected chi connectivity index (χ2v) is 6.78. The van der Waals surface area contributed by atoms with Crippen molar-refractivity contribution in [3.8, 4) is 34.3 Å². The molecule has 9 heteroatoms. The lowest BCUT2D eigenvalue weighted by Gasteiger charge is -2.14. The van der Waals surface area contributed by atoms with Gasteiger partial charge in [-0.1, -0.05) is 5.16 Å². The Kier molecular flexibility index (Phi) is 6.07. The van der Waals surface area contributed by atoms with Gasteiger partial charge in [-0.25, -0.2) is 0 Å². The quantitative estimate of drug-likeness (QED) is 0.453. The van der Waals surface area contributed by atoms with Gasteiger partial charge in [0.1, 0.15) is 0 Å². The highest BCUT2D eigenvalue weighted by Crippen LogP contribution is 2.38. The first-order valence-electron chi connectivity index (χ1n) is 9.77. The van der Waals surface area contributed by atoms with Gasteiger partial charge in [0, 0.05) is 30.2 Å². The van der Waals surface area contributed by atoms with E-state index < -0.39 is 5.91 Å². The number of methoxy groups -OCH3 is 3. The van der Waals surface area contributed by atoms with Crippen molar-refractivity contribution in [1.82, 2.24) is 20.0 Å². The molecule has 0 saturated heterocycles. The number of carbonyl (C=O) groups is 1. The number of carbonyl (C=O) groups excluding carboxylic acids is 1. The van der Waals surface area contributed by atoms with Gasteiger partial charge >= 0.3 is 11.8 Å². The van der Waals surface area contributed by atoms with Crippen LogP contribution in [0.3, 0.4) is 0 Å². The fraction of sp³-hybridized carbons (Fsp3) is 0.174. The summed E-state index contributed by atoms with van der Waals surface area (Å²) in [4.78, 5) is 16.7. The minimum atomic E-state index is -0.485. The standard InChI is InChI=1S/C23H22N4O5/c1-29-18-12-15(13-19(30-2)20(18)31-3)14-24-22(28)23-25-21(26-32-23)16-6-8-17(9-7-16)27-10-4-5-11-27/h4-13H,14H2,1-3H3,(H,24,28). The molecule has 0 aliphatic rings. The van der Waals surface area contributed by atoms with E-state index >= 15 is 0 Å². The zero-order valence-corrected chi connectivity index (χ0v) is 17.9. The summed E-state index contributed by atoms with van der Waals surface area (Å²) in [7, 11) is 4.60. The number of ether oxygens (including phenoxy) is 3. The number of nitrogens with zero attached hydrogens (tertiary/aromatic N) is 3. The molecule has 0 bridgehead atoms. The van der Waals surface area contributed by atoms with Crippen LogP contribution in [0.1, 0.15) is 16.2 Å². The fourth-order valence-corrected chi connectivity index (χ4v) is 3.22. The van der Waals surface area contributed by atoms with Crippen LogP contribution < -0.4 is 19.5 Å². The number of hydrogen-bond donors (Lipinski definition) is 1. The van der Waals surface area contributed by atoms with Gasteiger partial charge in [0.25, 0.3) is 0 Å². The summed E-state index contributed by atoms with van der Waals surface area (Å²) in [5.74, 6) is 1.21. The van der Waals surface area contributed by atoms with E-state index in [2.05, 4.69) is 15.5 Å². The van der Waals surface area contributed by atoms with Gasteiger partial charge in [0.15, 0.2) is 11.5 Å². The van der Waals surface area contributed by atoms with Crippen molar-refractivity contribution in [3.05, 3.63) is 72.4 Å². The summed E-state index contributed by atoms with van der Waals surface area (Å²) < 4.78 is 23.1. The van der Waals surface area contributed by atoms with Gasteiger partial charge in [-0.2, -0.15) is 4.98 Å². The molecule has 4 aromatic rings. The highest BCUT2D eigenvalue weighted by Gasteiger charge is 2.18. The summed E-state index contributed by atoms with van der Waals surface area (Å²) >= 11 is 0. The number of nitrogens with one attached hydrogen (secondary N) is 1. The van der Waals surface area contributed by atoms with Crippen molar-refractivity contribution in [1.29, 1.82) is 0 Å². The Morgan fingerprint density at radius 1 is 1.00 bits per heavy atom. The van der Waals surface area contributed by atoms with Crippen LogP contribution in [0.25, 0.3) is 17.1 Å². The molecule has 0 unspecified atom stereocenters. The molecule has 32 heavy (non-hydrogen) atoms. The first-order valence-corrected chi connectivity index (χ1v) is 9.77. The number of aromatic nitrogens is 3. The smallest absolute Gasteiger partial charge is 0.316 e. The van der Waals surface area contributed by atoms with Crippen molar-refractivity contribution in [2.24, 2.45) is 0 Å². The normalized spacial score (nSPS) is 10.6. The van der Waals surface area contributed by atoms with Gasteiger partial charge in [-0.15, -0.1) is 0 Å². The molecule has 0 atom stereocenters. The average molecular weight is 434 g/mol. The number of amides is 1. The van der Waals surface area contributed by atoms with Gasteiger partial charge in [0.2, 0.25) is 11.6 Å².